The summed E-state index contributed by atoms with van der Waals surface area (Å²) in [5.74, 6) is -0.747. The summed E-state index contributed by atoms with van der Waals surface area (Å²) >= 11 is 6.06. The van der Waals surface area contributed by atoms with Crippen LogP contribution in [-0.4, -0.2) is 44.3 Å². The van der Waals surface area contributed by atoms with Gasteiger partial charge in [-0.2, -0.15) is 0 Å². The highest BCUT2D eigenvalue weighted by Crippen LogP contribution is 2.25. The minimum atomic E-state index is -4.08. The molecule has 208 valence electrons. The number of nitrogens with zero attached hydrogens (tertiary/aromatic N) is 2. The number of halogens is 1. The number of unbranched alkanes of at least 4 members (excludes halogenated alkanes) is 1. The zero-order valence-electron chi connectivity index (χ0n) is 22.6. The van der Waals surface area contributed by atoms with Crippen molar-refractivity contribution >= 4 is 39.1 Å². The topological polar surface area (TPSA) is 86.8 Å². The zero-order chi connectivity index (χ0) is 28.4. The summed E-state index contributed by atoms with van der Waals surface area (Å²) in [6, 6.07) is 21.2. The Kier molecular flexibility index (Phi) is 10.9. The van der Waals surface area contributed by atoms with Crippen molar-refractivity contribution < 1.29 is 18.0 Å². The van der Waals surface area contributed by atoms with Gasteiger partial charge in [0.25, 0.3) is 10.0 Å². The molecule has 0 aromatic heterocycles. The van der Waals surface area contributed by atoms with E-state index in [-0.39, 0.29) is 17.3 Å². The lowest BCUT2D eigenvalue weighted by molar-refractivity contribution is -0.140. The van der Waals surface area contributed by atoms with Crippen molar-refractivity contribution in [3.8, 4) is 0 Å². The second kappa shape index (κ2) is 14.1. The van der Waals surface area contributed by atoms with Crippen LogP contribution in [0.5, 0.6) is 0 Å². The third-order valence-corrected chi connectivity index (χ3v) is 8.45. The molecule has 0 aliphatic carbocycles. The van der Waals surface area contributed by atoms with E-state index in [1.54, 1.807) is 66.7 Å². The van der Waals surface area contributed by atoms with E-state index in [1.165, 1.54) is 17.0 Å². The number of anilines is 1. The van der Waals surface area contributed by atoms with E-state index in [0.717, 1.165) is 28.3 Å². The van der Waals surface area contributed by atoms with Crippen LogP contribution in [0.3, 0.4) is 0 Å². The fourth-order valence-electron chi connectivity index (χ4n) is 4.17. The average molecular weight is 570 g/mol. The Bertz CT molecular complexity index is 1330. The van der Waals surface area contributed by atoms with Gasteiger partial charge >= 0.3 is 0 Å². The number of nitrogens with one attached hydrogen (secondary N) is 1. The van der Waals surface area contributed by atoms with Crippen molar-refractivity contribution in [2.75, 3.05) is 17.4 Å². The first-order valence-corrected chi connectivity index (χ1v) is 14.9. The smallest absolute Gasteiger partial charge is 0.264 e. The second-order valence-corrected chi connectivity index (χ2v) is 11.7. The van der Waals surface area contributed by atoms with Crippen molar-refractivity contribution in [2.45, 2.75) is 57.5 Å². The minimum absolute atomic E-state index is 0.0759. The minimum Gasteiger partial charge on any atom is -0.354 e. The molecule has 1 N–H and O–H groups in total. The van der Waals surface area contributed by atoms with Crippen molar-refractivity contribution in [3.05, 3.63) is 95.0 Å². The molecule has 39 heavy (non-hydrogen) atoms. The Morgan fingerprint density at radius 1 is 0.923 bits per heavy atom. The summed E-state index contributed by atoms with van der Waals surface area (Å²) in [6.07, 6.45) is 2.12. The molecule has 0 bridgehead atoms. The van der Waals surface area contributed by atoms with Crippen molar-refractivity contribution in [1.82, 2.24) is 10.2 Å². The molecule has 3 aromatic carbocycles. The monoisotopic (exact) mass is 569 g/mol. The van der Waals surface area contributed by atoms with Crippen LogP contribution in [0.1, 0.15) is 44.2 Å². The first kappa shape index (κ1) is 30.2. The lowest BCUT2D eigenvalue weighted by Crippen LogP contribution is -2.52. The van der Waals surface area contributed by atoms with Gasteiger partial charge in [0, 0.05) is 18.1 Å². The van der Waals surface area contributed by atoms with Crippen LogP contribution in [0, 0.1) is 6.92 Å². The maximum Gasteiger partial charge on any atom is 0.264 e. The molecule has 3 rings (SSSR count). The van der Waals surface area contributed by atoms with Crippen LogP contribution in [0.2, 0.25) is 5.02 Å². The van der Waals surface area contributed by atoms with Crippen LogP contribution in [-0.2, 0) is 26.2 Å². The van der Waals surface area contributed by atoms with Gasteiger partial charge < -0.3 is 10.2 Å². The molecule has 0 unspecified atom stereocenters. The lowest BCUT2D eigenvalue weighted by Gasteiger charge is -2.33. The Labute approximate surface area is 236 Å². The Morgan fingerprint density at radius 3 is 2.15 bits per heavy atom. The summed E-state index contributed by atoms with van der Waals surface area (Å²) in [6.45, 7) is 5.95. The number of carbonyl (C=O) groups is 2. The predicted molar refractivity (Wildman–Crippen MR) is 156 cm³/mol. The van der Waals surface area contributed by atoms with E-state index in [9.17, 15) is 18.0 Å². The average Bonchev–Trinajstić information content (AvgIpc) is 2.93. The highest BCUT2D eigenvalue weighted by Gasteiger charge is 2.33. The lowest BCUT2D eigenvalue weighted by atomic mass is 10.1. The maximum absolute atomic E-state index is 14.0. The van der Waals surface area contributed by atoms with Crippen LogP contribution in [0.4, 0.5) is 5.69 Å². The van der Waals surface area contributed by atoms with Crippen molar-refractivity contribution in [3.63, 3.8) is 0 Å². The number of hydrogen-bond acceptors (Lipinski definition) is 4. The van der Waals surface area contributed by atoms with Gasteiger partial charge in [0.05, 0.1) is 10.6 Å². The third-order valence-electron chi connectivity index (χ3n) is 6.41. The standard InChI is InChI=1S/C30H36ClN3O4S/c1-4-6-20-32-30(36)28(5-2)33(21-24-14-16-25(31)17-15-24)29(35)22-34(26-18-12-23(3)13-19-26)39(37,38)27-10-8-7-9-11-27/h7-19,28H,4-6,20-22H2,1-3H3,(H,32,36)/t28-/m1/s1. The molecule has 0 aliphatic rings. The third kappa shape index (κ3) is 8.07. The molecule has 0 saturated carbocycles. The van der Waals surface area contributed by atoms with E-state index in [4.69, 9.17) is 11.6 Å². The fraction of sp³-hybridized carbons (Fsp3) is 0.333. The van der Waals surface area contributed by atoms with Gasteiger partial charge in [-0.1, -0.05) is 79.9 Å². The molecule has 3 aromatic rings. The highest BCUT2D eigenvalue weighted by molar-refractivity contribution is 7.92. The fourth-order valence-corrected chi connectivity index (χ4v) is 5.73. The van der Waals surface area contributed by atoms with E-state index in [1.807, 2.05) is 20.8 Å². The zero-order valence-corrected chi connectivity index (χ0v) is 24.2. The summed E-state index contributed by atoms with van der Waals surface area (Å²) in [5.41, 5.74) is 2.10. The molecular formula is C30H36ClN3O4S. The number of carbonyl (C=O) groups excluding carboxylic acids is 2. The highest BCUT2D eigenvalue weighted by atomic mass is 35.5. The quantitative estimate of drug-likeness (QED) is 0.273. The van der Waals surface area contributed by atoms with Gasteiger partial charge in [-0.15, -0.1) is 0 Å². The number of rotatable bonds is 13. The summed E-state index contributed by atoms with van der Waals surface area (Å²) in [4.78, 5) is 28.7. The summed E-state index contributed by atoms with van der Waals surface area (Å²) in [5, 5.41) is 3.48. The molecule has 0 heterocycles. The van der Waals surface area contributed by atoms with Crippen LogP contribution >= 0.6 is 11.6 Å². The number of aryl methyl sites for hydroxylation is 1. The molecule has 2 amide bonds. The Morgan fingerprint density at radius 2 is 1.56 bits per heavy atom. The maximum atomic E-state index is 14.0. The Hall–Kier alpha value is -3.36. The second-order valence-electron chi connectivity index (χ2n) is 9.38. The first-order chi connectivity index (χ1) is 18.7. The van der Waals surface area contributed by atoms with Crippen LogP contribution < -0.4 is 9.62 Å². The molecule has 0 radical (unpaired) electrons. The van der Waals surface area contributed by atoms with Gasteiger partial charge in [-0.3, -0.25) is 13.9 Å². The molecule has 1 atom stereocenters. The number of hydrogen-bond donors (Lipinski definition) is 1. The predicted octanol–water partition coefficient (Wildman–Crippen LogP) is 5.57. The molecule has 0 aliphatic heterocycles. The van der Waals surface area contributed by atoms with Gasteiger partial charge in [-0.05, 0) is 61.7 Å². The molecule has 0 fully saturated rings. The Balaban J connectivity index is 2.01. The number of benzene rings is 3. The molecule has 0 spiro atoms. The number of sulfonamides is 1. The van der Waals surface area contributed by atoms with E-state index >= 15 is 0 Å². The van der Waals surface area contributed by atoms with Gasteiger partial charge in [0.1, 0.15) is 12.6 Å². The van der Waals surface area contributed by atoms with Crippen LogP contribution in [0.15, 0.2) is 83.8 Å². The molecule has 9 heteroatoms. The van der Waals surface area contributed by atoms with Gasteiger partial charge in [-0.25, -0.2) is 8.42 Å². The normalized spacial score (nSPS) is 12.0. The summed E-state index contributed by atoms with van der Waals surface area (Å²) in [7, 11) is -4.08. The van der Waals surface area contributed by atoms with Gasteiger partial charge in [0.2, 0.25) is 11.8 Å². The molecule has 0 saturated heterocycles. The first-order valence-electron chi connectivity index (χ1n) is 13.1. The number of amides is 2. The van der Waals surface area contributed by atoms with Crippen molar-refractivity contribution in [1.29, 1.82) is 0 Å². The van der Waals surface area contributed by atoms with Crippen molar-refractivity contribution in [2.24, 2.45) is 0 Å². The largest absolute Gasteiger partial charge is 0.354 e. The SMILES string of the molecule is CCCCNC(=O)[C@@H](CC)N(Cc1ccc(Cl)cc1)C(=O)CN(c1ccc(C)cc1)S(=O)(=O)c1ccccc1. The van der Waals surface area contributed by atoms with Crippen LogP contribution in [0.25, 0.3) is 0 Å². The molecule has 7 nitrogen and oxygen atoms in total. The van der Waals surface area contributed by atoms with E-state index in [2.05, 4.69) is 5.32 Å². The van der Waals surface area contributed by atoms with Gasteiger partial charge in [0.15, 0.2) is 0 Å². The van der Waals surface area contributed by atoms with E-state index < -0.39 is 28.5 Å². The summed E-state index contributed by atoms with van der Waals surface area (Å²) < 4.78 is 28.7. The molecular weight excluding hydrogens is 534 g/mol. The van der Waals surface area contributed by atoms with E-state index in [0.29, 0.717) is 23.7 Å².